The van der Waals surface area contributed by atoms with Gasteiger partial charge >= 0.3 is 5.97 Å². The van der Waals surface area contributed by atoms with Crippen molar-refractivity contribution in [3.63, 3.8) is 0 Å². The average Bonchev–Trinajstić information content (AvgIpc) is 2.64. The number of esters is 1. The Balaban J connectivity index is 3.96. The van der Waals surface area contributed by atoms with Crippen molar-refractivity contribution in [2.75, 3.05) is 32.8 Å². The minimum Gasteiger partial charge on any atom is -0.462 e. The molecule has 0 aromatic heterocycles. The molecule has 0 heterocycles. The van der Waals surface area contributed by atoms with Gasteiger partial charge in [-0.25, -0.2) is 4.79 Å². The fraction of sp³-hybridized carbons (Fsp3) is 0.875. The number of hydrogen-bond acceptors (Lipinski definition) is 2. The largest absolute Gasteiger partial charge is 0.462 e. The first kappa shape index (κ1) is 26.2. The summed E-state index contributed by atoms with van der Waals surface area (Å²) in [4.78, 5) is 11.3. The van der Waals surface area contributed by atoms with E-state index in [0.29, 0.717) is 12.2 Å². The molecule has 0 spiro atoms. The predicted molar refractivity (Wildman–Crippen MR) is 118 cm³/mol. The summed E-state index contributed by atoms with van der Waals surface area (Å²) in [5.74, 6) is -0.255. The van der Waals surface area contributed by atoms with Gasteiger partial charge in [0.05, 0.1) is 32.8 Å². The van der Waals surface area contributed by atoms with Gasteiger partial charge in [0.1, 0.15) is 0 Å². The van der Waals surface area contributed by atoms with Crippen molar-refractivity contribution < 1.29 is 14.0 Å². The molecule has 0 amide bonds. The van der Waals surface area contributed by atoms with Gasteiger partial charge in [-0.3, -0.25) is 0 Å². The van der Waals surface area contributed by atoms with Crippen molar-refractivity contribution in [3.8, 4) is 0 Å². The first-order valence-electron chi connectivity index (χ1n) is 11.7. The summed E-state index contributed by atoms with van der Waals surface area (Å²) in [6.45, 7) is 18.3. The second-order valence-corrected chi connectivity index (χ2v) is 8.33. The van der Waals surface area contributed by atoms with E-state index in [9.17, 15) is 4.79 Å². The normalized spacial score (nSPS) is 11.6. The lowest BCUT2D eigenvalue weighted by atomic mass is 10.1. The van der Waals surface area contributed by atoms with E-state index in [1.807, 2.05) is 0 Å². The summed E-state index contributed by atoms with van der Waals surface area (Å²) in [5.41, 5.74) is 0.491. The molecule has 3 heteroatoms. The fourth-order valence-corrected chi connectivity index (χ4v) is 4.04. The quantitative estimate of drug-likeness (QED) is 0.108. The van der Waals surface area contributed by atoms with Crippen LogP contribution in [0.15, 0.2) is 12.2 Å². The SMILES string of the molecule is C=C(C)C(=O)OCCCCCCCC[N+](CCC)(CCC)CCCCCC. The van der Waals surface area contributed by atoms with Crippen molar-refractivity contribution >= 4 is 5.97 Å². The van der Waals surface area contributed by atoms with E-state index in [2.05, 4.69) is 27.4 Å². The van der Waals surface area contributed by atoms with Crippen LogP contribution in [0.5, 0.6) is 0 Å². The number of ether oxygens (including phenoxy) is 1. The van der Waals surface area contributed by atoms with Crippen LogP contribution in [0.25, 0.3) is 0 Å². The van der Waals surface area contributed by atoms with Crippen LogP contribution in [-0.2, 0) is 9.53 Å². The lowest BCUT2D eigenvalue weighted by Crippen LogP contribution is -2.50. The van der Waals surface area contributed by atoms with Gasteiger partial charge in [0.2, 0.25) is 0 Å². The molecule has 27 heavy (non-hydrogen) atoms. The molecular formula is C24H48NO2+. The van der Waals surface area contributed by atoms with Crippen molar-refractivity contribution in [2.45, 2.75) is 105 Å². The highest BCUT2D eigenvalue weighted by atomic mass is 16.5. The molecule has 3 nitrogen and oxygen atoms in total. The molecule has 160 valence electrons. The maximum absolute atomic E-state index is 11.3. The van der Waals surface area contributed by atoms with Crippen LogP contribution in [-0.4, -0.2) is 43.2 Å². The number of hydrogen-bond donors (Lipinski definition) is 0. The van der Waals surface area contributed by atoms with Gasteiger partial charge in [-0.2, -0.15) is 0 Å². The summed E-state index contributed by atoms with van der Waals surface area (Å²) in [7, 11) is 0. The Bertz CT molecular complexity index is 373. The van der Waals surface area contributed by atoms with Crippen molar-refractivity contribution in [1.82, 2.24) is 0 Å². The molecule has 0 fully saturated rings. The Morgan fingerprint density at radius 2 is 1.19 bits per heavy atom. The molecule has 0 saturated heterocycles. The van der Waals surface area contributed by atoms with Crippen molar-refractivity contribution in [2.24, 2.45) is 0 Å². The smallest absolute Gasteiger partial charge is 0.333 e. The summed E-state index contributed by atoms with van der Waals surface area (Å²) < 4.78 is 6.50. The highest BCUT2D eigenvalue weighted by Gasteiger charge is 2.24. The van der Waals surface area contributed by atoms with Crippen LogP contribution < -0.4 is 0 Å². The Morgan fingerprint density at radius 1 is 0.704 bits per heavy atom. The maximum atomic E-state index is 11.3. The third-order valence-corrected chi connectivity index (χ3v) is 5.49. The van der Waals surface area contributed by atoms with Crippen LogP contribution in [0.3, 0.4) is 0 Å². The number of nitrogens with zero attached hydrogens (tertiary/aromatic N) is 1. The van der Waals surface area contributed by atoms with Crippen molar-refractivity contribution in [3.05, 3.63) is 12.2 Å². The van der Waals surface area contributed by atoms with Crippen LogP contribution in [0.1, 0.15) is 105 Å². The molecule has 0 N–H and O–H groups in total. The van der Waals surface area contributed by atoms with Gasteiger partial charge < -0.3 is 9.22 Å². The predicted octanol–water partition coefficient (Wildman–Crippen LogP) is 6.66. The van der Waals surface area contributed by atoms with Crippen molar-refractivity contribution in [1.29, 1.82) is 0 Å². The second-order valence-electron chi connectivity index (χ2n) is 8.33. The van der Waals surface area contributed by atoms with Crippen LogP contribution in [0.4, 0.5) is 0 Å². The molecule has 0 aliphatic rings. The lowest BCUT2D eigenvalue weighted by Gasteiger charge is -2.39. The highest BCUT2D eigenvalue weighted by molar-refractivity contribution is 5.86. The van der Waals surface area contributed by atoms with E-state index in [0.717, 1.165) is 12.8 Å². The topological polar surface area (TPSA) is 26.3 Å². The zero-order valence-electron chi connectivity index (χ0n) is 19.0. The van der Waals surface area contributed by atoms with Gasteiger partial charge in [0.25, 0.3) is 0 Å². The monoisotopic (exact) mass is 382 g/mol. The number of rotatable bonds is 19. The molecular weight excluding hydrogens is 334 g/mol. The Morgan fingerprint density at radius 3 is 1.67 bits per heavy atom. The average molecular weight is 383 g/mol. The molecule has 0 radical (unpaired) electrons. The van der Waals surface area contributed by atoms with Crippen LogP contribution in [0, 0.1) is 0 Å². The zero-order chi connectivity index (χ0) is 20.4. The molecule has 0 aromatic carbocycles. The molecule has 0 aliphatic heterocycles. The molecule has 0 aromatic rings. The molecule has 0 bridgehead atoms. The first-order chi connectivity index (χ1) is 13.0. The summed E-state index contributed by atoms with van der Waals surface area (Å²) in [6, 6.07) is 0. The molecule has 0 atom stereocenters. The number of quaternary nitrogens is 1. The van der Waals surface area contributed by atoms with Gasteiger partial charge in [-0.15, -0.1) is 0 Å². The van der Waals surface area contributed by atoms with Crippen LogP contribution >= 0.6 is 0 Å². The van der Waals surface area contributed by atoms with E-state index in [1.54, 1.807) is 6.92 Å². The zero-order valence-corrected chi connectivity index (χ0v) is 19.0. The molecule has 0 unspecified atom stereocenters. The molecule has 0 saturated carbocycles. The number of unbranched alkanes of at least 4 members (excludes halogenated alkanes) is 8. The van der Waals surface area contributed by atoms with Gasteiger partial charge in [-0.05, 0) is 51.9 Å². The minimum atomic E-state index is -0.255. The van der Waals surface area contributed by atoms with Crippen LogP contribution in [0.2, 0.25) is 0 Å². The van der Waals surface area contributed by atoms with Gasteiger partial charge in [0, 0.05) is 5.57 Å². The first-order valence-corrected chi connectivity index (χ1v) is 11.7. The van der Waals surface area contributed by atoms with E-state index in [-0.39, 0.29) is 5.97 Å². The van der Waals surface area contributed by atoms with E-state index in [4.69, 9.17) is 4.74 Å². The Labute approximate surface area is 170 Å². The minimum absolute atomic E-state index is 0.255. The Kier molecular flexibility index (Phi) is 16.7. The van der Waals surface area contributed by atoms with E-state index < -0.39 is 0 Å². The Hall–Kier alpha value is -0.830. The summed E-state index contributed by atoms with van der Waals surface area (Å²) in [5, 5.41) is 0. The maximum Gasteiger partial charge on any atom is 0.333 e. The number of carbonyl (C=O) groups is 1. The fourth-order valence-electron chi connectivity index (χ4n) is 4.04. The third-order valence-electron chi connectivity index (χ3n) is 5.49. The third kappa shape index (κ3) is 13.9. The molecule has 0 rings (SSSR count). The number of carbonyl (C=O) groups excluding carboxylic acids is 1. The lowest BCUT2D eigenvalue weighted by molar-refractivity contribution is -0.928. The summed E-state index contributed by atoms with van der Waals surface area (Å²) >= 11 is 0. The highest BCUT2D eigenvalue weighted by Crippen LogP contribution is 2.17. The van der Waals surface area contributed by atoms with E-state index in [1.165, 1.54) is 94.9 Å². The molecule has 0 aliphatic carbocycles. The van der Waals surface area contributed by atoms with E-state index >= 15 is 0 Å². The standard InChI is InChI=1S/C24H48NO2/c1-6-9-10-15-20-25(18-7-2,19-8-3)21-16-13-11-12-14-17-22-27-24(26)23(4)5/h4,6-22H2,1-3,5H3/q+1. The van der Waals surface area contributed by atoms with Gasteiger partial charge in [0.15, 0.2) is 0 Å². The summed E-state index contributed by atoms with van der Waals surface area (Å²) in [6.07, 6.45) is 15.5. The van der Waals surface area contributed by atoms with Gasteiger partial charge in [-0.1, -0.05) is 59.5 Å². The second kappa shape index (κ2) is 17.3.